The van der Waals surface area contributed by atoms with Crippen molar-refractivity contribution in [3.05, 3.63) is 88.6 Å². The highest BCUT2D eigenvalue weighted by atomic mass is 35.5. The number of rotatable bonds is 10. The first-order valence-corrected chi connectivity index (χ1v) is 11.4. The Balaban J connectivity index is 1.87. The number of nitrogens with one attached hydrogen (secondary N) is 2. The highest BCUT2D eigenvalue weighted by molar-refractivity contribution is 6.34. The van der Waals surface area contributed by atoms with E-state index in [0.29, 0.717) is 41.8 Å². The number of amidine groups is 1. The summed E-state index contributed by atoms with van der Waals surface area (Å²) in [7, 11) is 0. The van der Waals surface area contributed by atoms with Crippen molar-refractivity contribution in [3.63, 3.8) is 0 Å². The molecule has 2 heterocycles. The van der Waals surface area contributed by atoms with Crippen LogP contribution in [0.25, 0.3) is 5.70 Å². The van der Waals surface area contributed by atoms with Gasteiger partial charge in [0.1, 0.15) is 11.7 Å². The molecule has 1 aromatic carbocycles. The van der Waals surface area contributed by atoms with E-state index in [2.05, 4.69) is 40.7 Å². The van der Waals surface area contributed by atoms with Crippen molar-refractivity contribution in [2.45, 2.75) is 40.2 Å². The summed E-state index contributed by atoms with van der Waals surface area (Å²) in [6.45, 7) is 15.1. The standard InChI is InChI=1S/C26H30ClFN4O/c1-6-7-12-33-23-11-9-19(14-30-23)22-13-17(4)31-26(32-22)24-21(27)10-8-20(25(24)28)15-29-18(5)16(2)3/h8-11,13-14,16,29H,4-7,12,15H2,1-3H3,(H,31,32). The lowest BCUT2D eigenvalue weighted by Crippen LogP contribution is -2.27. The number of nitrogens with zero attached hydrogens (tertiary/aromatic N) is 2. The zero-order valence-corrected chi connectivity index (χ0v) is 20.1. The van der Waals surface area contributed by atoms with Crippen molar-refractivity contribution in [3.8, 4) is 5.88 Å². The van der Waals surface area contributed by atoms with E-state index < -0.39 is 5.82 Å². The Bertz CT molecular complexity index is 1090. The van der Waals surface area contributed by atoms with Crippen LogP contribution in [0.4, 0.5) is 4.39 Å². The van der Waals surface area contributed by atoms with Gasteiger partial charge >= 0.3 is 0 Å². The third-order valence-corrected chi connectivity index (χ3v) is 5.53. The fourth-order valence-corrected chi connectivity index (χ4v) is 3.34. The molecule has 7 heteroatoms. The summed E-state index contributed by atoms with van der Waals surface area (Å²) in [5.74, 6) is 0.664. The highest BCUT2D eigenvalue weighted by Gasteiger charge is 2.21. The second kappa shape index (κ2) is 11.1. The maximum Gasteiger partial charge on any atom is 0.213 e. The van der Waals surface area contributed by atoms with E-state index in [1.54, 1.807) is 30.5 Å². The van der Waals surface area contributed by atoms with Crippen LogP contribution in [0.3, 0.4) is 0 Å². The quantitative estimate of drug-likeness (QED) is 0.406. The Morgan fingerprint density at radius 2 is 2.06 bits per heavy atom. The van der Waals surface area contributed by atoms with Gasteiger partial charge in [0.15, 0.2) is 0 Å². The van der Waals surface area contributed by atoms with Gasteiger partial charge in [0.2, 0.25) is 5.88 Å². The molecule has 1 aliphatic heterocycles. The molecule has 3 rings (SSSR count). The largest absolute Gasteiger partial charge is 0.478 e. The minimum absolute atomic E-state index is 0.199. The van der Waals surface area contributed by atoms with Gasteiger partial charge in [-0.25, -0.2) is 14.4 Å². The molecule has 0 saturated heterocycles. The predicted molar refractivity (Wildman–Crippen MR) is 134 cm³/mol. The summed E-state index contributed by atoms with van der Waals surface area (Å²) in [4.78, 5) is 8.98. The van der Waals surface area contributed by atoms with Crippen molar-refractivity contribution >= 4 is 23.1 Å². The first-order valence-electron chi connectivity index (χ1n) is 11.1. The number of hydrogen-bond acceptors (Lipinski definition) is 5. The van der Waals surface area contributed by atoms with Crippen LogP contribution in [-0.4, -0.2) is 17.4 Å². The van der Waals surface area contributed by atoms with Crippen molar-refractivity contribution in [2.75, 3.05) is 6.61 Å². The molecule has 2 aromatic rings. The van der Waals surface area contributed by atoms with Crippen molar-refractivity contribution in [1.82, 2.24) is 15.6 Å². The van der Waals surface area contributed by atoms with E-state index in [9.17, 15) is 0 Å². The Kier molecular flexibility index (Phi) is 8.28. The van der Waals surface area contributed by atoms with Crippen LogP contribution in [-0.2, 0) is 6.54 Å². The topological polar surface area (TPSA) is 58.5 Å². The fourth-order valence-electron chi connectivity index (χ4n) is 3.10. The van der Waals surface area contributed by atoms with Crippen molar-refractivity contribution in [2.24, 2.45) is 10.9 Å². The molecule has 33 heavy (non-hydrogen) atoms. The highest BCUT2D eigenvalue weighted by Crippen LogP contribution is 2.28. The van der Waals surface area contributed by atoms with Gasteiger partial charge in [0, 0.05) is 41.3 Å². The van der Waals surface area contributed by atoms with Gasteiger partial charge in [-0.1, -0.05) is 58.0 Å². The van der Waals surface area contributed by atoms with Gasteiger partial charge in [-0.15, -0.1) is 0 Å². The second-order valence-electron chi connectivity index (χ2n) is 8.16. The minimum Gasteiger partial charge on any atom is -0.478 e. The summed E-state index contributed by atoms with van der Waals surface area (Å²) in [5.41, 5.74) is 3.45. The Morgan fingerprint density at radius 3 is 2.73 bits per heavy atom. The van der Waals surface area contributed by atoms with E-state index in [1.807, 2.05) is 19.9 Å². The molecule has 0 bridgehead atoms. The third kappa shape index (κ3) is 6.23. The van der Waals surface area contributed by atoms with Gasteiger partial charge in [-0.2, -0.15) is 0 Å². The third-order valence-electron chi connectivity index (χ3n) is 5.21. The number of benzene rings is 1. The summed E-state index contributed by atoms with van der Waals surface area (Å²) in [5, 5.41) is 6.47. The normalized spacial score (nSPS) is 13.3. The Labute approximate surface area is 200 Å². The Morgan fingerprint density at radius 1 is 1.27 bits per heavy atom. The molecule has 0 radical (unpaired) electrons. The lowest BCUT2D eigenvalue weighted by atomic mass is 10.1. The molecule has 5 nitrogen and oxygen atoms in total. The molecule has 0 fully saturated rings. The first kappa shape index (κ1) is 24.5. The predicted octanol–water partition coefficient (Wildman–Crippen LogP) is 6.22. The molecule has 0 spiro atoms. The van der Waals surface area contributed by atoms with E-state index >= 15 is 4.39 Å². The van der Waals surface area contributed by atoms with E-state index in [1.165, 1.54) is 0 Å². The molecule has 1 aromatic heterocycles. The SMILES string of the molecule is C=C1C=C(c2ccc(OCCCC)nc2)N=C(c2c(Cl)ccc(CNC(=C)C(C)C)c2F)N1. The average molecular weight is 469 g/mol. The number of halogens is 2. The maximum atomic E-state index is 15.5. The fraction of sp³-hybridized carbons (Fsp3) is 0.308. The molecule has 0 unspecified atom stereocenters. The van der Waals surface area contributed by atoms with E-state index in [0.717, 1.165) is 24.1 Å². The molecular weight excluding hydrogens is 439 g/mol. The number of aliphatic imine (C=N–C) groups is 1. The van der Waals surface area contributed by atoms with Crippen molar-refractivity contribution < 1.29 is 9.13 Å². The number of allylic oxidation sites excluding steroid dienone is 2. The molecule has 0 amide bonds. The van der Waals surface area contributed by atoms with Crippen LogP contribution in [0.5, 0.6) is 5.88 Å². The lowest BCUT2D eigenvalue weighted by Gasteiger charge is -2.20. The van der Waals surface area contributed by atoms with Gasteiger partial charge in [0.25, 0.3) is 0 Å². The van der Waals surface area contributed by atoms with Crippen molar-refractivity contribution in [1.29, 1.82) is 0 Å². The zero-order valence-electron chi connectivity index (χ0n) is 19.3. The second-order valence-corrected chi connectivity index (χ2v) is 8.56. The number of unbranched alkanes of at least 4 members (excludes halogenated alkanes) is 1. The molecule has 174 valence electrons. The number of pyridine rings is 1. The van der Waals surface area contributed by atoms with Crippen LogP contribution in [0.2, 0.25) is 5.02 Å². The zero-order chi connectivity index (χ0) is 24.0. The minimum atomic E-state index is -0.440. The van der Waals surface area contributed by atoms with Crippen LogP contribution >= 0.6 is 11.6 Å². The monoisotopic (exact) mass is 468 g/mol. The van der Waals surface area contributed by atoms with Gasteiger partial charge in [-0.3, -0.25) is 0 Å². The van der Waals surface area contributed by atoms with E-state index in [-0.39, 0.29) is 16.5 Å². The van der Waals surface area contributed by atoms with Gasteiger partial charge in [0.05, 0.1) is 22.9 Å². The number of aromatic nitrogens is 1. The van der Waals surface area contributed by atoms with E-state index in [4.69, 9.17) is 16.3 Å². The van der Waals surface area contributed by atoms with Crippen LogP contribution < -0.4 is 15.4 Å². The smallest absolute Gasteiger partial charge is 0.213 e. The lowest BCUT2D eigenvalue weighted by molar-refractivity contribution is 0.298. The van der Waals surface area contributed by atoms with Crippen LogP contribution in [0, 0.1) is 11.7 Å². The Hall–Kier alpha value is -3.12. The summed E-state index contributed by atoms with van der Waals surface area (Å²) < 4.78 is 21.1. The molecule has 0 saturated carbocycles. The first-order chi connectivity index (χ1) is 15.8. The number of ether oxygens (including phenoxy) is 1. The molecule has 2 N–H and O–H groups in total. The van der Waals surface area contributed by atoms with Gasteiger partial charge in [-0.05, 0) is 30.5 Å². The van der Waals surface area contributed by atoms with Crippen LogP contribution in [0.15, 0.2) is 66.1 Å². The van der Waals surface area contributed by atoms with Crippen LogP contribution in [0.1, 0.15) is 50.3 Å². The summed E-state index contributed by atoms with van der Waals surface area (Å²) in [6.07, 6.45) is 5.49. The molecule has 0 aliphatic carbocycles. The molecule has 0 atom stereocenters. The summed E-state index contributed by atoms with van der Waals surface area (Å²) >= 11 is 6.39. The molecule has 1 aliphatic rings. The molecular formula is C26H30ClFN4O. The number of hydrogen-bond donors (Lipinski definition) is 2. The average Bonchev–Trinajstić information content (AvgIpc) is 2.78. The van der Waals surface area contributed by atoms with Gasteiger partial charge < -0.3 is 15.4 Å². The summed E-state index contributed by atoms with van der Waals surface area (Å²) in [6, 6.07) is 7.00. The maximum absolute atomic E-state index is 15.5.